The Morgan fingerprint density at radius 1 is 0.909 bits per heavy atom. The van der Waals surface area contributed by atoms with Crippen molar-refractivity contribution < 1.29 is 9.53 Å². The summed E-state index contributed by atoms with van der Waals surface area (Å²) in [5.41, 5.74) is 2.87. The number of fused-ring (bicyclic) bond motifs is 1. The molecular formula is C20H18O2. The highest BCUT2D eigenvalue weighted by molar-refractivity contribution is 5.97. The minimum absolute atomic E-state index is 0.258. The number of esters is 1. The molecule has 0 aliphatic rings. The van der Waals surface area contributed by atoms with Gasteiger partial charge in [-0.15, -0.1) is 0 Å². The summed E-state index contributed by atoms with van der Waals surface area (Å²) in [5.74, 6) is -0.258. The molecule has 0 aromatic heterocycles. The lowest BCUT2D eigenvalue weighted by atomic mass is 9.97. The Morgan fingerprint density at radius 2 is 1.64 bits per heavy atom. The molecule has 2 nitrogen and oxygen atoms in total. The SMILES string of the molecule is CCCOC(=O)c1ccc(-c2cccc3ccccc23)cc1. The molecule has 0 saturated carbocycles. The zero-order chi connectivity index (χ0) is 15.4. The first kappa shape index (κ1) is 14.3. The van der Waals surface area contributed by atoms with Gasteiger partial charge in [0.25, 0.3) is 0 Å². The molecular weight excluding hydrogens is 272 g/mol. The molecule has 0 spiro atoms. The Hall–Kier alpha value is -2.61. The summed E-state index contributed by atoms with van der Waals surface area (Å²) >= 11 is 0. The standard InChI is InChI=1S/C20H18O2/c1-2-14-22-20(21)17-12-10-16(11-13-17)19-9-5-7-15-6-3-4-8-18(15)19/h3-13H,2,14H2,1H3. The molecule has 0 bridgehead atoms. The molecule has 0 aliphatic carbocycles. The first-order chi connectivity index (χ1) is 10.8. The van der Waals surface area contributed by atoms with Crippen LogP contribution in [0.4, 0.5) is 0 Å². The third kappa shape index (κ3) is 2.86. The first-order valence-corrected chi connectivity index (χ1v) is 7.55. The van der Waals surface area contributed by atoms with E-state index in [1.54, 1.807) is 0 Å². The predicted molar refractivity (Wildman–Crippen MR) is 90.0 cm³/mol. The van der Waals surface area contributed by atoms with E-state index in [2.05, 4.69) is 30.3 Å². The topological polar surface area (TPSA) is 26.3 Å². The van der Waals surface area contributed by atoms with Gasteiger partial charge in [-0.25, -0.2) is 4.79 Å². The highest BCUT2D eigenvalue weighted by atomic mass is 16.5. The molecule has 22 heavy (non-hydrogen) atoms. The Labute approximate surface area is 130 Å². The molecule has 0 N–H and O–H groups in total. The van der Waals surface area contributed by atoms with Crippen LogP contribution in [0.5, 0.6) is 0 Å². The van der Waals surface area contributed by atoms with E-state index in [0.29, 0.717) is 12.2 Å². The van der Waals surface area contributed by atoms with Crippen molar-refractivity contribution in [2.24, 2.45) is 0 Å². The Morgan fingerprint density at radius 3 is 2.41 bits per heavy atom. The molecule has 2 heteroatoms. The van der Waals surface area contributed by atoms with Crippen molar-refractivity contribution in [3.8, 4) is 11.1 Å². The summed E-state index contributed by atoms with van der Waals surface area (Å²) in [6.07, 6.45) is 0.833. The lowest BCUT2D eigenvalue weighted by molar-refractivity contribution is 0.0505. The average molecular weight is 290 g/mol. The maximum atomic E-state index is 11.8. The number of hydrogen-bond donors (Lipinski definition) is 0. The van der Waals surface area contributed by atoms with Crippen LogP contribution >= 0.6 is 0 Å². The number of benzene rings is 3. The average Bonchev–Trinajstić information content (AvgIpc) is 2.59. The highest BCUT2D eigenvalue weighted by Crippen LogP contribution is 2.28. The number of hydrogen-bond acceptors (Lipinski definition) is 2. The highest BCUT2D eigenvalue weighted by Gasteiger charge is 2.08. The fourth-order valence-electron chi connectivity index (χ4n) is 2.54. The van der Waals surface area contributed by atoms with Crippen molar-refractivity contribution in [3.63, 3.8) is 0 Å². The molecule has 3 rings (SSSR count). The lowest BCUT2D eigenvalue weighted by Crippen LogP contribution is -2.05. The minimum atomic E-state index is -0.258. The van der Waals surface area contributed by atoms with Crippen molar-refractivity contribution in [1.82, 2.24) is 0 Å². The molecule has 110 valence electrons. The quantitative estimate of drug-likeness (QED) is 0.627. The van der Waals surface area contributed by atoms with Gasteiger partial charge < -0.3 is 4.74 Å². The monoisotopic (exact) mass is 290 g/mol. The van der Waals surface area contributed by atoms with Gasteiger partial charge in [0, 0.05) is 0 Å². The maximum absolute atomic E-state index is 11.8. The maximum Gasteiger partial charge on any atom is 0.338 e. The second kappa shape index (κ2) is 6.44. The fraction of sp³-hybridized carbons (Fsp3) is 0.150. The summed E-state index contributed by atoms with van der Waals surface area (Å²) < 4.78 is 5.15. The molecule has 0 fully saturated rings. The van der Waals surface area contributed by atoms with Crippen molar-refractivity contribution in [2.75, 3.05) is 6.61 Å². The summed E-state index contributed by atoms with van der Waals surface area (Å²) in [6.45, 7) is 2.45. The van der Waals surface area contributed by atoms with E-state index in [9.17, 15) is 4.79 Å². The van der Waals surface area contributed by atoms with Crippen LogP contribution in [-0.4, -0.2) is 12.6 Å². The Bertz CT molecular complexity index is 783. The molecule has 0 aliphatic heterocycles. The van der Waals surface area contributed by atoms with Crippen LogP contribution < -0.4 is 0 Å². The Kier molecular flexibility index (Phi) is 4.19. The Balaban J connectivity index is 1.93. The second-order valence-electron chi connectivity index (χ2n) is 5.24. The van der Waals surface area contributed by atoms with Crippen LogP contribution in [0.2, 0.25) is 0 Å². The van der Waals surface area contributed by atoms with E-state index in [1.807, 2.05) is 43.3 Å². The van der Waals surface area contributed by atoms with E-state index in [-0.39, 0.29) is 5.97 Å². The summed E-state index contributed by atoms with van der Waals surface area (Å²) in [5, 5.41) is 2.43. The first-order valence-electron chi connectivity index (χ1n) is 7.55. The zero-order valence-corrected chi connectivity index (χ0v) is 12.6. The predicted octanol–water partition coefficient (Wildman–Crippen LogP) is 5.07. The van der Waals surface area contributed by atoms with Gasteiger partial charge in [0.1, 0.15) is 0 Å². The molecule has 0 amide bonds. The molecule has 0 atom stereocenters. The van der Waals surface area contributed by atoms with E-state index in [0.717, 1.165) is 12.0 Å². The van der Waals surface area contributed by atoms with Gasteiger partial charge in [-0.05, 0) is 40.5 Å². The lowest BCUT2D eigenvalue weighted by Gasteiger charge is -2.08. The van der Waals surface area contributed by atoms with E-state index < -0.39 is 0 Å². The normalized spacial score (nSPS) is 10.6. The van der Waals surface area contributed by atoms with Crippen LogP contribution in [0.15, 0.2) is 66.7 Å². The van der Waals surface area contributed by atoms with Gasteiger partial charge in [0.05, 0.1) is 12.2 Å². The summed E-state index contributed by atoms with van der Waals surface area (Å²) in [6, 6.07) is 22.2. The van der Waals surface area contributed by atoms with Crippen LogP contribution in [0, 0.1) is 0 Å². The smallest absolute Gasteiger partial charge is 0.338 e. The van der Waals surface area contributed by atoms with Gasteiger partial charge in [0.2, 0.25) is 0 Å². The van der Waals surface area contributed by atoms with Gasteiger partial charge in [-0.3, -0.25) is 0 Å². The van der Waals surface area contributed by atoms with Crippen LogP contribution in [0.1, 0.15) is 23.7 Å². The van der Waals surface area contributed by atoms with E-state index in [4.69, 9.17) is 4.74 Å². The van der Waals surface area contributed by atoms with Crippen molar-refractivity contribution >= 4 is 16.7 Å². The molecule has 0 saturated heterocycles. The molecule has 3 aromatic carbocycles. The van der Waals surface area contributed by atoms with Gasteiger partial charge in [0.15, 0.2) is 0 Å². The number of ether oxygens (including phenoxy) is 1. The minimum Gasteiger partial charge on any atom is -0.462 e. The van der Waals surface area contributed by atoms with Crippen LogP contribution in [-0.2, 0) is 4.74 Å². The van der Waals surface area contributed by atoms with Gasteiger partial charge >= 0.3 is 5.97 Å². The van der Waals surface area contributed by atoms with Crippen molar-refractivity contribution in [1.29, 1.82) is 0 Å². The third-order valence-electron chi connectivity index (χ3n) is 3.66. The van der Waals surface area contributed by atoms with Crippen LogP contribution in [0.3, 0.4) is 0 Å². The molecule has 0 radical (unpaired) electrons. The van der Waals surface area contributed by atoms with Gasteiger partial charge in [-0.2, -0.15) is 0 Å². The van der Waals surface area contributed by atoms with Gasteiger partial charge in [-0.1, -0.05) is 61.5 Å². The van der Waals surface area contributed by atoms with E-state index in [1.165, 1.54) is 16.3 Å². The summed E-state index contributed by atoms with van der Waals surface area (Å²) in [7, 11) is 0. The van der Waals surface area contributed by atoms with Crippen molar-refractivity contribution in [3.05, 3.63) is 72.3 Å². The molecule has 3 aromatic rings. The number of carbonyl (C=O) groups excluding carboxylic acids is 1. The summed E-state index contributed by atoms with van der Waals surface area (Å²) in [4.78, 5) is 11.8. The van der Waals surface area contributed by atoms with Crippen LogP contribution in [0.25, 0.3) is 21.9 Å². The zero-order valence-electron chi connectivity index (χ0n) is 12.6. The number of carbonyl (C=O) groups is 1. The largest absolute Gasteiger partial charge is 0.462 e. The fourth-order valence-corrected chi connectivity index (χ4v) is 2.54. The second-order valence-corrected chi connectivity index (χ2v) is 5.24. The molecule has 0 heterocycles. The number of rotatable bonds is 4. The van der Waals surface area contributed by atoms with E-state index >= 15 is 0 Å². The van der Waals surface area contributed by atoms with Crippen molar-refractivity contribution in [2.45, 2.75) is 13.3 Å². The third-order valence-corrected chi connectivity index (χ3v) is 3.66. The molecule has 0 unspecified atom stereocenters.